The van der Waals surface area contributed by atoms with E-state index < -0.39 is 47.1 Å². The summed E-state index contributed by atoms with van der Waals surface area (Å²) in [6, 6.07) is 76.5. The van der Waals surface area contributed by atoms with Gasteiger partial charge in [0, 0.05) is 21.6 Å². The largest absolute Gasteiger partial charge is 0.448 e. The van der Waals surface area contributed by atoms with Gasteiger partial charge in [-0.1, -0.05) is 294 Å². The van der Waals surface area contributed by atoms with Crippen LogP contribution in [0.25, 0.3) is 0 Å². The van der Waals surface area contributed by atoms with Crippen molar-refractivity contribution in [2.45, 2.75) is 46.5 Å². The van der Waals surface area contributed by atoms with E-state index in [1.165, 1.54) is 39.8 Å². The van der Waals surface area contributed by atoms with Crippen molar-refractivity contribution in [3.8, 4) is 0 Å². The Morgan fingerprint density at radius 2 is 1.12 bits per heavy atom. The van der Waals surface area contributed by atoms with Gasteiger partial charge in [0.15, 0.2) is 21.3 Å². The van der Waals surface area contributed by atoms with Crippen LogP contribution in [-0.2, 0) is 35.1 Å². The van der Waals surface area contributed by atoms with Gasteiger partial charge < -0.3 is 20.2 Å². The first kappa shape index (κ1) is 55.9. The number of halogens is 1. The van der Waals surface area contributed by atoms with Crippen LogP contribution < -0.4 is 10.6 Å². The minimum atomic E-state index is -1.42. The maximum atomic E-state index is 15.7. The molecule has 1 fully saturated rings. The van der Waals surface area contributed by atoms with Crippen LogP contribution in [-0.4, -0.2) is 60.7 Å². The van der Waals surface area contributed by atoms with Gasteiger partial charge in [-0.3, -0.25) is 14.5 Å². The van der Waals surface area contributed by atoms with Gasteiger partial charge in [-0.2, -0.15) is 0 Å². The quantitative estimate of drug-likeness (QED) is 0.0135. The number of aromatic nitrogens is 3. The van der Waals surface area contributed by atoms with Gasteiger partial charge in [0.2, 0.25) is 5.60 Å². The summed E-state index contributed by atoms with van der Waals surface area (Å²) in [5.41, 5.74) is 5.60. The number of esters is 1. The number of ether oxygens (including phenoxy) is 1. The molecule has 2 aliphatic heterocycles. The number of rotatable bonds is 21. The Labute approximate surface area is 507 Å². The van der Waals surface area contributed by atoms with Crippen molar-refractivity contribution in [3.05, 3.63) is 313 Å². The maximum absolute atomic E-state index is 15.7. The standard InChI is InChI=1S/C67H52ClN7O5S4/c68-60-56(71-64(84-60)72-66(47-29-13-3-14-30-47,48-31-15-4-16-32-48)49-33-17-5-18-34-49)57(74-80-67(50-35-19-6-20-36-50,51-37-21-7-22-38-51)52-39-23-8-24-40-52)61(76)70-55-53-41-42-54(82-44-83-65-73-69-43-81-65)58(75(53)62(55)77)63(78)79-59(45-25-9-1-10-26-45)46-27-11-2-12-28-46/h1-40,43,53,55,59H,41-42,44H2,(H,70,76)(H,71,72)/b74-57-/t53-,55+/m1/s1. The molecule has 8 aromatic carbocycles. The van der Waals surface area contributed by atoms with Crippen molar-refractivity contribution in [1.29, 1.82) is 0 Å². The second kappa shape index (κ2) is 25.5. The van der Waals surface area contributed by atoms with Gasteiger partial charge in [0.25, 0.3) is 11.8 Å². The van der Waals surface area contributed by atoms with Gasteiger partial charge >= 0.3 is 5.97 Å². The van der Waals surface area contributed by atoms with Crippen LogP contribution in [0.15, 0.2) is 268 Å². The zero-order valence-corrected chi connectivity index (χ0v) is 48.8. The fourth-order valence-corrected chi connectivity index (χ4v) is 15.0. The lowest BCUT2D eigenvalue weighted by Crippen LogP contribution is -2.72. The number of hydrogen-bond donors (Lipinski definition) is 2. The normalized spacial score (nSPS) is 15.2. The predicted octanol–water partition coefficient (Wildman–Crippen LogP) is 14.3. The lowest BCUT2D eigenvalue weighted by Gasteiger charge is -2.50. The molecule has 416 valence electrons. The van der Waals surface area contributed by atoms with E-state index in [9.17, 15) is 4.79 Å². The number of β-lactam (4-membered cyclic amide) rings is 1. The summed E-state index contributed by atoms with van der Waals surface area (Å²) < 4.78 is 7.39. The number of thioether (sulfide) groups is 2. The number of oxime groups is 1. The summed E-state index contributed by atoms with van der Waals surface area (Å²) in [4.78, 5) is 60.1. The Bertz CT molecular complexity index is 3700. The third-order valence-electron chi connectivity index (χ3n) is 14.8. The van der Waals surface area contributed by atoms with Crippen LogP contribution in [0.1, 0.15) is 69.1 Å². The Kier molecular flexibility index (Phi) is 16.9. The second-order valence-corrected chi connectivity index (χ2v) is 24.8. The first-order chi connectivity index (χ1) is 41.3. The van der Waals surface area contributed by atoms with E-state index >= 15 is 9.59 Å². The zero-order valence-electron chi connectivity index (χ0n) is 44.8. The van der Waals surface area contributed by atoms with E-state index in [2.05, 4.69) is 57.2 Å². The van der Waals surface area contributed by atoms with E-state index in [4.69, 9.17) is 31.3 Å². The van der Waals surface area contributed by atoms with Crippen molar-refractivity contribution in [2.75, 3.05) is 10.4 Å². The molecule has 0 unspecified atom stereocenters. The van der Waals surface area contributed by atoms with Crippen LogP contribution in [0.4, 0.5) is 5.13 Å². The topological polar surface area (TPSA) is 148 Å². The number of carbonyl (C=O) groups is 3. The molecule has 2 atom stereocenters. The molecule has 0 bridgehead atoms. The molecule has 17 heteroatoms. The molecule has 4 heterocycles. The van der Waals surface area contributed by atoms with E-state index in [0.29, 0.717) is 28.0 Å². The van der Waals surface area contributed by atoms with E-state index in [1.807, 2.05) is 206 Å². The number of hydrogen-bond acceptors (Lipinski definition) is 14. The molecule has 1 saturated heterocycles. The van der Waals surface area contributed by atoms with Crippen molar-refractivity contribution in [1.82, 2.24) is 25.4 Å². The molecule has 2 amide bonds. The highest BCUT2D eigenvalue weighted by Gasteiger charge is 2.55. The van der Waals surface area contributed by atoms with Crippen LogP contribution in [0.3, 0.4) is 0 Å². The molecule has 2 aromatic heterocycles. The van der Waals surface area contributed by atoms with Crippen molar-refractivity contribution in [2.24, 2.45) is 5.16 Å². The molecular formula is C67H52ClN7O5S4. The average molecular weight is 1200 g/mol. The molecule has 12 rings (SSSR count). The predicted molar refractivity (Wildman–Crippen MR) is 335 cm³/mol. The van der Waals surface area contributed by atoms with Crippen LogP contribution in [0, 0.1) is 0 Å². The average Bonchev–Trinajstić information content (AvgIpc) is 2.61. The molecule has 0 radical (unpaired) electrons. The molecule has 2 N–H and O–H groups in total. The van der Waals surface area contributed by atoms with Gasteiger partial charge in [-0.05, 0) is 40.7 Å². The number of amides is 2. The molecule has 0 saturated carbocycles. The number of nitrogens with zero attached hydrogens (tertiary/aromatic N) is 5. The SMILES string of the molecule is O=C(OC(c1ccccc1)c1ccccc1)C1=C(SCSc2nncs2)CC[C@@H]2[C@H](NC(=O)/C(=N\OC(c3ccccc3)(c3ccccc3)c3ccccc3)c3nc(NC(c4ccccc4)(c4ccccc4)c4ccccc4)sc3Cl)C(=O)N12. The Morgan fingerprint density at radius 3 is 1.58 bits per heavy atom. The molecule has 0 spiro atoms. The fraction of sp³-hybridized carbons (Fsp3) is 0.119. The Morgan fingerprint density at radius 1 is 0.655 bits per heavy atom. The number of thiazole rings is 1. The summed E-state index contributed by atoms with van der Waals surface area (Å²) in [5, 5.41) is 20.8. The number of allylic oxidation sites excluding steroid dienone is 1. The fourth-order valence-electron chi connectivity index (χ4n) is 10.9. The summed E-state index contributed by atoms with van der Waals surface area (Å²) in [7, 11) is 0. The van der Waals surface area contributed by atoms with Gasteiger partial charge in [-0.25, -0.2) is 9.78 Å². The third kappa shape index (κ3) is 11.3. The van der Waals surface area contributed by atoms with Crippen LogP contribution >= 0.6 is 57.8 Å². The minimum absolute atomic E-state index is 0.0174. The molecular weight excluding hydrogens is 1150 g/mol. The van der Waals surface area contributed by atoms with Gasteiger partial charge in [0.1, 0.15) is 32.8 Å². The number of benzene rings is 8. The first-order valence-corrected chi connectivity index (χ1v) is 31.1. The number of nitrogens with one attached hydrogen (secondary N) is 2. The first-order valence-electron chi connectivity index (χ1n) is 27.1. The third-order valence-corrected chi connectivity index (χ3v) is 19.1. The van der Waals surface area contributed by atoms with Crippen molar-refractivity contribution >= 4 is 86.4 Å². The highest BCUT2D eigenvalue weighted by atomic mass is 35.5. The highest BCUT2D eigenvalue weighted by Crippen LogP contribution is 2.46. The number of carbonyl (C=O) groups excluding carboxylic acids is 3. The van der Waals surface area contributed by atoms with Gasteiger partial charge in [-0.15, -0.1) is 22.0 Å². The van der Waals surface area contributed by atoms with E-state index in [0.717, 1.165) is 60.2 Å². The number of fused-ring (bicyclic) bond motifs is 1. The molecule has 2 aliphatic rings. The Balaban J connectivity index is 0.940. The summed E-state index contributed by atoms with van der Waals surface area (Å²) in [6.07, 6.45) is 0.0644. The highest BCUT2D eigenvalue weighted by molar-refractivity contribution is 8.18. The number of anilines is 1. The lowest BCUT2D eigenvalue weighted by atomic mass is 9.77. The molecule has 84 heavy (non-hydrogen) atoms. The van der Waals surface area contributed by atoms with Crippen molar-refractivity contribution in [3.63, 3.8) is 0 Å². The lowest BCUT2D eigenvalue weighted by molar-refractivity contribution is -0.158. The van der Waals surface area contributed by atoms with Gasteiger partial charge in [0.05, 0.1) is 11.1 Å². The molecule has 10 aromatic rings. The van der Waals surface area contributed by atoms with Crippen LogP contribution in [0.2, 0.25) is 4.34 Å². The maximum Gasteiger partial charge on any atom is 0.356 e. The summed E-state index contributed by atoms with van der Waals surface area (Å²) >= 11 is 12.9. The Hall–Kier alpha value is -8.64. The summed E-state index contributed by atoms with van der Waals surface area (Å²) in [5.74, 6) is -1.94. The zero-order chi connectivity index (χ0) is 57.3. The molecule has 12 nitrogen and oxygen atoms in total. The van der Waals surface area contributed by atoms with Crippen molar-refractivity contribution < 1.29 is 24.0 Å². The molecule has 0 aliphatic carbocycles. The van der Waals surface area contributed by atoms with E-state index in [-0.39, 0.29) is 21.4 Å². The summed E-state index contributed by atoms with van der Waals surface area (Å²) in [6.45, 7) is 0. The monoisotopic (exact) mass is 1200 g/mol. The smallest absolute Gasteiger partial charge is 0.356 e. The van der Waals surface area contributed by atoms with Crippen LogP contribution in [0.5, 0.6) is 0 Å². The second-order valence-electron chi connectivity index (χ2n) is 19.7. The van der Waals surface area contributed by atoms with E-state index in [1.54, 1.807) is 5.51 Å². The minimum Gasteiger partial charge on any atom is -0.448 e.